The number of benzene rings is 2. The Morgan fingerprint density at radius 2 is 1.86 bits per heavy atom. The van der Waals surface area contributed by atoms with E-state index in [1.165, 1.54) is 6.07 Å². The molecule has 0 aliphatic carbocycles. The number of hydrogen-bond donors (Lipinski definition) is 1. The number of aliphatic carboxylic acids is 1. The van der Waals surface area contributed by atoms with E-state index in [2.05, 4.69) is 13.8 Å². The number of anilines is 1. The van der Waals surface area contributed by atoms with E-state index in [0.717, 1.165) is 12.2 Å². The number of nitrogens with zero attached hydrogens (tertiary/aromatic N) is 1. The van der Waals surface area contributed by atoms with Gasteiger partial charge in [-0.15, -0.1) is 0 Å². The van der Waals surface area contributed by atoms with Crippen molar-refractivity contribution < 1.29 is 19.0 Å². The molecule has 0 unspecified atom stereocenters. The molecule has 1 N–H and O–H groups in total. The summed E-state index contributed by atoms with van der Waals surface area (Å²) in [5.74, 6) is -0.813. The summed E-state index contributed by atoms with van der Waals surface area (Å²) in [6.07, 6.45) is 0. The highest BCUT2D eigenvalue weighted by molar-refractivity contribution is 6.16. The minimum absolute atomic E-state index is 0.0817. The first-order chi connectivity index (χ1) is 13.2. The van der Waals surface area contributed by atoms with Crippen LogP contribution in [0.2, 0.25) is 0 Å². The number of halogens is 1. The molecule has 28 heavy (non-hydrogen) atoms. The van der Waals surface area contributed by atoms with Crippen molar-refractivity contribution in [2.45, 2.75) is 34.3 Å². The number of carbonyl (C=O) groups is 1. The average molecular weight is 385 g/mol. The Balaban J connectivity index is 2.22. The second kappa shape index (κ2) is 9.40. The molecule has 0 saturated carbocycles. The van der Waals surface area contributed by atoms with Crippen molar-refractivity contribution in [1.82, 2.24) is 0 Å². The molecule has 0 bridgehead atoms. The van der Waals surface area contributed by atoms with Gasteiger partial charge in [0.2, 0.25) is 0 Å². The summed E-state index contributed by atoms with van der Waals surface area (Å²) < 4.78 is 20.2. The average Bonchev–Trinajstić information content (AvgIpc) is 2.60. The summed E-state index contributed by atoms with van der Waals surface area (Å²) in [6.45, 7) is 8.64. The van der Waals surface area contributed by atoms with Crippen LogP contribution in [-0.2, 0) is 11.4 Å². The van der Waals surface area contributed by atoms with E-state index >= 15 is 0 Å². The molecule has 0 spiro atoms. The fourth-order valence-corrected chi connectivity index (χ4v) is 3.14. The van der Waals surface area contributed by atoms with Crippen LogP contribution in [-0.4, -0.2) is 24.7 Å². The van der Waals surface area contributed by atoms with Crippen LogP contribution in [0.3, 0.4) is 0 Å². The molecule has 0 heterocycles. The predicted molar refractivity (Wildman–Crippen MR) is 111 cm³/mol. The highest BCUT2D eigenvalue weighted by atomic mass is 19.1. The summed E-state index contributed by atoms with van der Waals surface area (Å²) in [6, 6.07) is 12.0. The van der Waals surface area contributed by atoms with Crippen LogP contribution in [0.5, 0.6) is 5.75 Å². The van der Waals surface area contributed by atoms with Crippen molar-refractivity contribution in [2.24, 2.45) is 5.92 Å². The largest absolute Gasteiger partial charge is 0.486 e. The van der Waals surface area contributed by atoms with Crippen molar-refractivity contribution in [3.63, 3.8) is 0 Å². The smallest absolute Gasteiger partial charge is 0.336 e. The number of carboxylic acid groups (broad SMARTS) is 1. The van der Waals surface area contributed by atoms with Gasteiger partial charge in [-0.05, 0) is 43.0 Å². The lowest BCUT2D eigenvalue weighted by Crippen LogP contribution is -2.22. The minimum Gasteiger partial charge on any atom is -0.486 e. The van der Waals surface area contributed by atoms with E-state index in [1.54, 1.807) is 38.1 Å². The number of rotatable bonds is 8. The van der Waals surface area contributed by atoms with Crippen LogP contribution < -0.4 is 9.64 Å². The van der Waals surface area contributed by atoms with Gasteiger partial charge in [0.25, 0.3) is 0 Å². The molecule has 0 atom stereocenters. The zero-order valence-electron chi connectivity index (χ0n) is 17.1. The van der Waals surface area contributed by atoms with E-state index in [-0.39, 0.29) is 17.9 Å². The Kier molecular flexibility index (Phi) is 7.21. The van der Waals surface area contributed by atoms with Crippen molar-refractivity contribution in [2.75, 3.05) is 18.5 Å². The third-order valence-corrected chi connectivity index (χ3v) is 4.38. The van der Waals surface area contributed by atoms with Gasteiger partial charge in [0.05, 0.1) is 5.57 Å². The Morgan fingerprint density at radius 3 is 2.43 bits per heavy atom. The molecule has 5 heteroatoms. The van der Waals surface area contributed by atoms with E-state index in [0.29, 0.717) is 22.6 Å². The second-order valence-corrected chi connectivity index (χ2v) is 7.52. The van der Waals surface area contributed by atoms with Crippen LogP contribution in [0.4, 0.5) is 10.1 Å². The third-order valence-electron chi connectivity index (χ3n) is 4.38. The van der Waals surface area contributed by atoms with Crippen molar-refractivity contribution >= 4 is 17.2 Å². The van der Waals surface area contributed by atoms with E-state index in [4.69, 9.17) is 4.74 Å². The molecule has 2 aromatic rings. The fourth-order valence-electron chi connectivity index (χ4n) is 3.14. The first-order valence-electron chi connectivity index (χ1n) is 9.33. The lowest BCUT2D eigenvalue weighted by molar-refractivity contribution is -0.130. The zero-order chi connectivity index (χ0) is 20.8. The second-order valence-electron chi connectivity index (χ2n) is 7.52. The maximum Gasteiger partial charge on any atom is 0.336 e. The van der Waals surface area contributed by atoms with Crippen LogP contribution in [0, 0.1) is 11.7 Å². The summed E-state index contributed by atoms with van der Waals surface area (Å²) >= 11 is 0. The third kappa shape index (κ3) is 5.35. The highest BCUT2D eigenvalue weighted by Gasteiger charge is 2.17. The molecule has 0 saturated heterocycles. The van der Waals surface area contributed by atoms with E-state index in [9.17, 15) is 14.3 Å². The molecule has 0 radical (unpaired) electrons. The van der Waals surface area contributed by atoms with Crippen LogP contribution in [0.15, 0.2) is 48.0 Å². The quantitative estimate of drug-likeness (QED) is 0.620. The standard InChI is InChI=1S/C23H28FNO3/c1-15(2)13-25(5)18-10-11-21(20(24)12-18)28-14-17-8-6-7-9-19(17)22(16(3)4)23(26)27/h6-12,15H,13-14H2,1-5H3,(H,26,27). The van der Waals surface area contributed by atoms with Gasteiger partial charge < -0.3 is 14.7 Å². The zero-order valence-corrected chi connectivity index (χ0v) is 17.1. The van der Waals surface area contributed by atoms with E-state index < -0.39 is 11.8 Å². The molecule has 150 valence electrons. The normalized spacial score (nSPS) is 10.7. The first-order valence-corrected chi connectivity index (χ1v) is 9.33. The van der Waals surface area contributed by atoms with Gasteiger partial charge in [-0.1, -0.05) is 43.7 Å². The fraction of sp³-hybridized carbons (Fsp3) is 0.348. The summed E-state index contributed by atoms with van der Waals surface area (Å²) in [5, 5.41) is 9.53. The molecule has 0 aliphatic rings. The molecule has 0 aliphatic heterocycles. The lowest BCUT2D eigenvalue weighted by atomic mass is 9.97. The Morgan fingerprint density at radius 1 is 1.18 bits per heavy atom. The molecular formula is C23H28FNO3. The first kappa shape index (κ1) is 21.5. The van der Waals surface area contributed by atoms with Crippen LogP contribution in [0.25, 0.3) is 5.57 Å². The van der Waals surface area contributed by atoms with Crippen LogP contribution >= 0.6 is 0 Å². The lowest BCUT2D eigenvalue weighted by Gasteiger charge is -2.22. The summed E-state index contributed by atoms with van der Waals surface area (Å²) in [5.41, 5.74) is 3.01. The van der Waals surface area contributed by atoms with Crippen molar-refractivity contribution in [1.29, 1.82) is 0 Å². The minimum atomic E-state index is -0.990. The van der Waals surface area contributed by atoms with Gasteiger partial charge in [0.15, 0.2) is 11.6 Å². The molecule has 0 aromatic heterocycles. The van der Waals surface area contributed by atoms with Gasteiger partial charge in [0, 0.05) is 25.3 Å². The van der Waals surface area contributed by atoms with E-state index in [1.807, 2.05) is 24.1 Å². The number of allylic oxidation sites excluding steroid dienone is 1. The molecule has 4 nitrogen and oxygen atoms in total. The maximum atomic E-state index is 14.5. The van der Waals surface area contributed by atoms with Crippen molar-refractivity contribution in [3.8, 4) is 5.75 Å². The SMILES string of the molecule is CC(C)=C(C(=O)O)c1ccccc1COc1ccc(N(C)CC(C)C)cc1F. The number of hydrogen-bond acceptors (Lipinski definition) is 3. The number of carboxylic acids is 1. The molecule has 0 fully saturated rings. The van der Waals surface area contributed by atoms with Crippen molar-refractivity contribution in [3.05, 3.63) is 65.0 Å². The number of ether oxygens (including phenoxy) is 1. The Bertz CT molecular complexity index is 870. The Labute approximate surface area is 166 Å². The van der Waals surface area contributed by atoms with Gasteiger partial charge >= 0.3 is 5.97 Å². The molecule has 2 aromatic carbocycles. The van der Waals surface area contributed by atoms with Gasteiger partial charge in [-0.25, -0.2) is 9.18 Å². The van der Waals surface area contributed by atoms with Gasteiger partial charge in [-0.3, -0.25) is 0 Å². The summed E-state index contributed by atoms with van der Waals surface area (Å²) in [7, 11) is 1.93. The van der Waals surface area contributed by atoms with Crippen LogP contribution in [0.1, 0.15) is 38.8 Å². The predicted octanol–water partition coefficient (Wildman–Crippen LogP) is 5.37. The molecular weight excluding hydrogens is 357 g/mol. The van der Waals surface area contributed by atoms with Gasteiger partial charge in [0.1, 0.15) is 6.61 Å². The molecule has 2 rings (SSSR count). The monoisotopic (exact) mass is 385 g/mol. The summed E-state index contributed by atoms with van der Waals surface area (Å²) in [4.78, 5) is 13.6. The Hall–Kier alpha value is -2.82. The maximum absolute atomic E-state index is 14.5. The molecule has 0 amide bonds. The highest BCUT2D eigenvalue weighted by Crippen LogP contribution is 2.27. The van der Waals surface area contributed by atoms with Gasteiger partial charge in [-0.2, -0.15) is 0 Å². The topological polar surface area (TPSA) is 49.8 Å².